The molecular formula is C42H51ClN4O6. The number of amides is 4. The average molecular weight is 743 g/mol. The Hall–Kier alpha value is -4.70. The number of benzene rings is 3. The van der Waals surface area contributed by atoms with Crippen molar-refractivity contribution in [1.82, 2.24) is 10.6 Å². The molecule has 53 heavy (non-hydrogen) atoms. The number of hydrogen-bond acceptors (Lipinski definition) is 6. The van der Waals surface area contributed by atoms with Gasteiger partial charge in [0.05, 0.1) is 6.42 Å². The molecule has 0 radical (unpaired) electrons. The largest absolute Gasteiger partial charge is 0.444 e. The summed E-state index contributed by atoms with van der Waals surface area (Å²) in [4.78, 5) is 64.3. The summed E-state index contributed by atoms with van der Waals surface area (Å²) >= 11 is 6.47. The number of anilines is 2. The van der Waals surface area contributed by atoms with Gasteiger partial charge >= 0.3 is 6.09 Å². The molecule has 1 aliphatic heterocycles. The second kappa shape index (κ2) is 17.0. The van der Waals surface area contributed by atoms with Crippen LogP contribution in [0.2, 0.25) is 5.02 Å². The third-order valence-electron chi connectivity index (χ3n) is 9.78. The molecule has 1 fully saturated rings. The van der Waals surface area contributed by atoms with Crippen molar-refractivity contribution in [2.45, 2.75) is 98.1 Å². The molecule has 2 aliphatic rings. The number of carbonyl (C=O) groups excluding carboxylic acids is 5. The third-order valence-corrected chi connectivity index (χ3v) is 10.1. The van der Waals surface area contributed by atoms with Crippen molar-refractivity contribution >= 4 is 52.6 Å². The van der Waals surface area contributed by atoms with Crippen LogP contribution in [-0.2, 0) is 32.0 Å². The highest BCUT2D eigenvalue weighted by Gasteiger charge is 2.31. The number of ether oxygens (including phenoxy) is 1. The van der Waals surface area contributed by atoms with Gasteiger partial charge < -0.3 is 26.0 Å². The molecule has 1 atom stereocenters. The van der Waals surface area contributed by atoms with Crippen molar-refractivity contribution in [3.8, 4) is 11.1 Å². The van der Waals surface area contributed by atoms with Gasteiger partial charge in [0.2, 0.25) is 11.8 Å². The van der Waals surface area contributed by atoms with E-state index in [4.69, 9.17) is 16.3 Å². The molecule has 1 saturated carbocycles. The molecule has 282 valence electrons. The fraction of sp³-hybridized carbons (Fsp3) is 0.452. The normalized spacial score (nSPS) is 17.4. The minimum atomic E-state index is -0.651. The van der Waals surface area contributed by atoms with E-state index in [1.54, 1.807) is 12.1 Å². The van der Waals surface area contributed by atoms with E-state index >= 15 is 0 Å². The molecule has 11 heteroatoms. The van der Waals surface area contributed by atoms with E-state index in [1.165, 1.54) is 0 Å². The lowest BCUT2D eigenvalue weighted by molar-refractivity contribution is -0.129. The van der Waals surface area contributed by atoms with Crippen molar-refractivity contribution in [1.29, 1.82) is 0 Å². The van der Waals surface area contributed by atoms with Crippen molar-refractivity contribution in [3.63, 3.8) is 0 Å². The number of carbonyl (C=O) groups is 5. The Morgan fingerprint density at radius 2 is 1.66 bits per heavy atom. The van der Waals surface area contributed by atoms with Gasteiger partial charge in [0.25, 0.3) is 5.91 Å². The number of Topliss-reactive ketones (excluding diaryl/α,β-unsaturated/α-hetero) is 1. The molecule has 3 aromatic rings. The molecule has 1 heterocycles. The van der Waals surface area contributed by atoms with Crippen LogP contribution in [0.1, 0.15) is 93.8 Å². The van der Waals surface area contributed by atoms with Crippen molar-refractivity contribution in [2.75, 3.05) is 17.2 Å². The van der Waals surface area contributed by atoms with E-state index in [0.717, 1.165) is 35.1 Å². The maximum Gasteiger partial charge on any atom is 0.407 e. The van der Waals surface area contributed by atoms with Crippen LogP contribution in [0, 0.1) is 24.7 Å². The predicted molar refractivity (Wildman–Crippen MR) is 208 cm³/mol. The summed E-state index contributed by atoms with van der Waals surface area (Å²) in [5, 5.41) is 11.9. The number of hydrogen-bond donors (Lipinski definition) is 4. The van der Waals surface area contributed by atoms with Crippen molar-refractivity contribution in [3.05, 3.63) is 81.9 Å². The highest BCUT2D eigenvalue weighted by Crippen LogP contribution is 2.35. The topological polar surface area (TPSA) is 143 Å². The van der Waals surface area contributed by atoms with Crippen LogP contribution in [0.25, 0.3) is 11.1 Å². The molecule has 4 amide bonds. The van der Waals surface area contributed by atoms with Crippen LogP contribution >= 0.6 is 11.6 Å². The van der Waals surface area contributed by atoms with E-state index in [-0.39, 0.29) is 54.2 Å². The highest BCUT2D eigenvalue weighted by atomic mass is 35.5. The first-order chi connectivity index (χ1) is 25.0. The number of nitrogens with one attached hydrogen (secondary N) is 4. The molecule has 0 spiro atoms. The molecule has 4 N–H and O–H groups in total. The summed E-state index contributed by atoms with van der Waals surface area (Å²) in [5.41, 5.74) is 5.61. The van der Waals surface area contributed by atoms with Gasteiger partial charge in [-0.1, -0.05) is 41.9 Å². The zero-order valence-corrected chi connectivity index (χ0v) is 32.2. The predicted octanol–water partition coefficient (Wildman–Crippen LogP) is 8.04. The molecule has 3 aromatic carbocycles. The first-order valence-corrected chi connectivity index (χ1v) is 18.9. The van der Waals surface area contributed by atoms with Gasteiger partial charge in [-0.25, -0.2) is 4.79 Å². The lowest BCUT2D eigenvalue weighted by atomic mass is 9.77. The SMILES string of the molecule is Cc1cc(C(=O)NC(C)C)ccc1-c1ccc(C[C@H](CC(=O)C2CCC(CNC(=O)OC(C)(C)C)CC2)C(=O)Nc2cc(Cl)c3c(c2)NC(=O)C3)cc1. The van der Waals surface area contributed by atoms with Gasteiger partial charge in [0, 0.05) is 58.4 Å². The Bertz CT molecular complexity index is 1860. The summed E-state index contributed by atoms with van der Waals surface area (Å²) in [6.07, 6.45) is 3.15. The van der Waals surface area contributed by atoms with Crippen LogP contribution in [-0.4, -0.2) is 47.8 Å². The molecule has 0 bridgehead atoms. The maximum absolute atomic E-state index is 13.9. The van der Waals surface area contributed by atoms with Gasteiger partial charge in [-0.3, -0.25) is 19.2 Å². The molecule has 5 rings (SSSR count). The van der Waals surface area contributed by atoms with Crippen LogP contribution in [0.5, 0.6) is 0 Å². The number of aryl methyl sites for hydroxylation is 1. The van der Waals surface area contributed by atoms with E-state index in [2.05, 4.69) is 21.3 Å². The van der Waals surface area contributed by atoms with Crippen LogP contribution in [0.4, 0.5) is 16.2 Å². The Labute approximate surface area is 317 Å². The quantitative estimate of drug-likeness (QED) is 0.148. The van der Waals surface area contributed by atoms with E-state index < -0.39 is 17.6 Å². The Kier molecular flexibility index (Phi) is 12.6. The molecule has 0 unspecified atom stereocenters. The second-order valence-electron chi connectivity index (χ2n) is 15.7. The lowest BCUT2D eigenvalue weighted by Crippen LogP contribution is -2.37. The number of halogens is 1. The second-order valence-corrected chi connectivity index (χ2v) is 16.1. The highest BCUT2D eigenvalue weighted by molar-refractivity contribution is 6.33. The zero-order valence-electron chi connectivity index (χ0n) is 31.5. The Morgan fingerprint density at radius 1 is 0.962 bits per heavy atom. The van der Waals surface area contributed by atoms with Gasteiger partial charge in [-0.15, -0.1) is 0 Å². The molecular weight excluding hydrogens is 692 g/mol. The molecule has 10 nitrogen and oxygen atoms in total. The zero-order chi connectivity index (χ0) is 38.4. The molecule has 0 saturated heterocycles. The minimum absolute atomic E-state index is 0.0416. The lowest BCUT2D eigenvalue weighted by Gasteiger charge is -2.29. The van der Waals surface area contributed by atoms with Crippen LogP contribution in [0.3, 0.4) is 0 Å². The summed E-state index contributed by atoms with van der Waals surface area (Å²) < 4.78 is 5.35. The van der Waals surface area contributed by atoms with Gasteiger partial charge in [-0.2, -0.15) is 0 Å². The summed E-state index contributed by atoms with van der Waals surface area (Å²) in [6, 6.07) is 17.0. The molecule has 0 aromatic heterocycles. The fourth-order valence-corrected chi connectivity index (χ4v) is 7.36. The van der Waals surface area contributed by atoms with Crippen LogP contribution in [0.15, 0.2) is 54.6 Å². The van der Waals surface area contributed by atoms with Crippen LogP contribution < -0.4 is 21.3 Å². The fourth-order valence-electron chi connectivity index (χ4n) is 7.08. The first kappa shape index (κ1) is 39.5. The third kappa shape index (κ3) is 10.9. The summed E-state index contributed by atoms with van der Waals surface area (Å²) in [6.45, 7) is 11.8. The van der Waals surface area contributed by atoms with Crippen molar-refractivity contribution < 1.29 is 28.7 Å². The summed E-state index contributed by atoms with van der Waals surface area (Å²) in [7, 11) is 0. The van der Waals surface area contributed by atoms with Gasteiger partial charge in [0.1, 0.15) is 11.4 Å². The van der Waals surface area contributed by atoms with E-state index in [0.29, 0.717) is 53.3 Å². The Morgan fingerprint density at radius 3 is 2.30 bits per heavy atom. The monoisotopic (exact) mass is 742 g/mol. The minimum Gasteiger partial charge on any atom is -0.444 e. The number of alkyl carbamates (subject to hydrolysis) is 1. The summed E-state index contributed by atoms with van der Waals surface area (Å²) in [5.74, 6) is -1.08. The number of rotatable bonds is 12. The van der Waals surface area contributed by atoms with Crippen molar-refractivity contribution in [2.24, 2.45) is 17.8 Å². The average Bonchev–Trinajstić information content (AvgIpc) is 3.47. The first-order valence-electron chi connectivity index (χ1n) is 18.5. The van der Waals surface area contributed by atoms with Gasteiger partial charge in [0.15, 0.2) is 0 Å². The maximum atomic E-state index is 13.9. The molecule has 1 aliphatic carbocycles. The van der Waals surface area contributed by atoms with Gasteiger partial charge in [-0.05, 0) is 126 Å². The van der Waals surface area contributed by atoms with E-state index in [1.807, 2.05) is 84.0 Å². The number of ketones is 1. The number of fused-ring (bicyclic) bond motifs is 1. The van der Waals surface area contributed by atoms with E-state index in [9.17, 15) is 24.0 Å². The standard InChI is InChI=1S/C42H51ClN4O6/c1-24(2)45-39(50)30-15-16-33(25(3)17-30)28-11-7-26(8-12-28)18-31(40(51)46-32-20-35(43)34-22-38(49)47-36(34)21-32)19-37(48)29-13-9-27(10-14-29)23-44-41(52)53-42(4,5)6/h7-8,11-12,15-17,20-21,24,27,29,31H,9-10,13-14,18-19,22-23H2,1-6H3,(H,44,52)(H,45,50)(H,46,51)(H,47,49)/t27?,29?,31-/m1/s1. The Balaban J connectivity index is 1.27. The smallest absolute Gasteiger partial charge is 0.407 e.